The summed E-state index contributed by atoms with van der Waals surface area (Å²) in [7, 11) is 1.33. The highest BCUT2D eigenvalue weighted by Gasteiger charge is 2.48. The lowest BCUT2D eigenvalue weighted by Crippen LogP contribution is -2.63. The molecule has 1 saturated heterocycles. The standard InChI is InChI=1S/C30H27N3O5/c1-38-30(37)20-13-11-19(12-14-20)28-27-22(21-9-5-6-10-23(21)31-27)15-24-29(36)32(17-26(35)33(24)28)16-25(34)18-7-3-2-4-8-18/h2-14,24-25,28,31,34H,15-17H2,1H3/t24-,25-,28-/m0/s1. The first-order chi connectivity index (χ1) is 18.5. The largest absolute Gasteiger partial charge is 0.465 e. The number of β-amino-alcohol motifs (C(OH)–C–C–N with tert-alkyl or cyclic N) is 1. The second-order valence-electron chi connectivity index (χ2n) is 9.75. The number of carbonyl (C=O) groups is 3. The van der Waals surface area contributed by atoms with E-state index >= 15 is 0 Å². The first-order valence-corrected chi connectivity index (χ1v) is 12.6. The van der Waals surface area contributed by atoms with Crippen LogP contribution in [0.25, 0.3) is 10.9 Å². The van der Waals surface area contributed by atoms with Crippen LogP contribution >= 0.6 is 0 Å². The maximum Gasteiger partial charge on any atom is 0.337 e. The molecule has 3 atom stereocenters. The maximum atomic E-state index is 13.8. The number of para-hydroxylation sites is 1. The number of ether oxygens (including phenoxy) is 1. The summed E-state index contributed by atoms with van der Waals surface area (Å²) < 4.78 is 4.83. The monoisotopic (exact) mass is 509 g/mol. The normalized spacial score (nSPS) is 19.7. The average Bonchev–Trinajstić information content (AvgIpc) is 3.33. The van der Waals surface area contributed by atoms with Gasteiger partial charge < -0.3 is 24.6 Å². The first-order valence-electron chi connectivity index (χ1n) is 12.6. The topological polar surface area (TPSA) is 103 Å². The van der Waals surface area contributed by atoms with Gasteiger partial charge in [0.25, 0.3) is 0 Å². The van der Waals surface area contributed by atoms with Crippen LogP contribution in [0.15, 0.2) is 78.9 Å². The van der Waals surface area contributed by atoms with Crippen molar-refractivity contribution in [3.05, 3.63) is 107 Å². The Morgan fingerprint density at radius 1 is 1.03 bits per heavy atom. The molecule has 4 aromatic rings. The molecule has 0 bridgehead atoms. The summed E-state index contributed by atoms with van der Waals surface area (Å²) in [5.41, 5.74) is 4.69. The van der Waals surface area contributed by atoms with E-state index in [1.54, 1.807) is 41.3 Å². The summed E-state index contributed by atoms with van der Waals surface area (Å²) in [5, 5.41) is 11.8. The molecule has 0 spiro atoms. The molecule has 3 aromatic carbocycles. The van der Waals surface area contributed by atoms with E-state index in [0.29, 0.717) is 17.5 Å². The number of hydrogen-bond acceptors (Lipinski definition) is 5. The number of aromatic nitrogens is 1. The molecule has 0 saturated carbocycles. The molecule has 3 heterocycles. The number of fused-ring (bicyclic) bond motifs is 4. The summed E-state index contributed by atoms with van der Waals surface area (Å²) >= 11 is 0. The van der Waals surface area contributed by atoms with Crippen LogP contribution in [0.1, 0.15) is 44.9 Å². The Bertz CT molecular complexity index is 1530. The Balaban J connectivity index is 1.40. The molecule has 6 rings (SSSR count). The van der Waals surface area contributed by atoms with E-state index in [9.17, 15) is 19.5 Å². The molecular formula is C30H27N3O5. The predicted molar refractivity (Wildman–Crippen MR) is 140 cm³/mol. The van der Waals surface area contributed by atoms with E-state index in [-0.39, 0.29) is 24.9 Å². The fourth-order valence-electron chi connectivity index (χ4n) is 5.73. The van der Waals surface area contributed by atoms with Crippen molar-refractivity contribution < 1.29 is 24.2 Å². The van der Waals surface area contributed by atoms with E-state index in [2.05, 4.69) is 4.98 Å². The number of aliphatic hydroxyl groups excluding tert-OH is 1. The van der Waals surface area contributed by atoms with Gasteiger partial charge in [0, 0.05) is 23.0 Å². The lowest BCUT2D eigenvalue weighted by atomic mass is 9.86. The van der Waals surface area contributed by atoms with E-state index in [0.717, 1.165) is 27.7 Å². The Labute approximate surface area is 219 Å². The minimum absolute atomic E-state index is 0.0398. The number of nitrogens with zero attached hydrogens (tertiary/aromatic N) is 2. The molecule has 1 fully saturated rings. The number of aliphatic hydroxyl groups is 1. The zero-order valence-electron chi connectivity index (χ0n) is 20.8. The van der Waals surface area contributed by atoms with Crippen LogP contribution < -0.4 is 0 Å². The van der Waals surface area contributed by atoms with E-state index in [4.69, 9.17) is 4.74 Å². The summed E-state index contributed by atoms with van der Waals surface area (Å²) in [4.78, 5) is 46.2. The predicted octanol–water partition coefficient (Wildman–Crippen LogP) is 3.37. The SMILES string of the molecule is COC(=O)c1ccc([C@H]2c3[nH]c4ccccc4c3C[C@H]3C(=O)N(C[C@H](O)c4ccccc4)CC(=O)N23)cc1. The first kappa shape index (κ1) is 23.9. The molecule has 0 unspecified atom stereocenters. The van der Waals surface area contributed by atoms with Gasteiger partial charge in [-0.25, -0.2) is 4.79 Å². The van der Waals surface area contributed by atoms with Crippen molar-refractivity contribution in [1.29, 1.82) is 0 Å². The zero-order valence-corrected chi connectivity index (χ0v) is 20.8. The number of piperazine rings is 1. The van der Waals surface area contributed by atoms with Crippen LogP contribution in [-0.4, -0.2) is 63.9 Å². The lowest BCUT2D eigenvalue weighted by Gasteiger charge is -2.47. The molecule has 1 aromatic heterocycles. The molecule has 38 heavy (non-hydrogen) atoms. The lowest BCUT2D eigenvalue weighted by molar-refractivity contribution is -0.159. The number of rotatable bonds is 5. The van der Waals surface area contributed by atoms with Gasteiger partial charge in [0.05, 0.1) is 37.9 Å². The van der Waals surface area contributed by atoms with Gasteiger partial charge in [0.15, 0.2) is 0 Å². The Morgan fingerprint density at radius 3 is 2.47 bits per heavy atom. The van der Waals surface area contributed by atoms with E-state index in [1.165, 1.54) is 12.0 Å². The number of aromatic amines is 1. The van der Waals surface area contributed by atoms with Crippen LogP contribution in [0.4, 0.5) is 0 Å². The molecule has 2 amide bonds. The molecule has 192 valence electrons. The summed E-state index contributed by atoms with van der Waals surface area (Å²) in [6.45, 7) is -0.0797. The Morgan fingerprint density at radius 2 is 1.74 bits per heavy atom. The molecule has 8 nitrogen and oxygen atoms in total. The zero-order chi connectivity index (χ0) is 26.4. The summed E-state index contributed by atoms with van der Waals surface area (Å²) in [5.74, 6) is -0.825. The highest BCUT2D eigenvalue weighted by atomic mass is 16.5. The number of benzene rings is 3. The second-order valence-corrected chi connectivity index (χ2v) is 9.75. The van der Waals surface area contributed by atoms with Crippen molar-refractivity contribution in [1.82, 2.24) is 14.8 Å². The van der Waals surface area contributed by atoms with Crippen molar-refractivity contribution in [2.75, 3.05) is 20.2 Å². The van der Waals surface area contributed by atoms with Gasteiger partial charge >= 0.3 is 5.97 Å². The highest BCUT2D eigenvalue weighted by molar-refractivity contribution is 5.97. The number of H-pyrrole nitrogens is 1. The van der Waals surface area contributed by atoms with Crippen LogP contribution in [0, 0.1) is 0 Å². The minimum Gasteiger partial charge on any atom is -0.465 e. The molecule has 2 aliphatic rings. The van der Waals surface area contributed by atoms with Gasteiger partial charge in [-0.2, -0.15) is 0 Å². The van der Waals surface area contributed by atoms with Crippen LogP contribution in [0.5, 0.6) is 0 Å². The fraction of sp³-hybridized carbons (Fsp3) is 0.233. The van der Waals surface area contributed by atoms with Gasteiger partial charge in [-0.05, 0) is 34.9 Å². The number of carbonyl (C=O) groups excluding carboxylic acids is 3. The van der Waals surface area contributed by atoms with Gasteiger partial charge in [-0.3, -0.25) is 9.59 Å². The Kier molecular flexibility index (Phi) is 5.96. The number of amides is 2. The summed E-state index contributed by atoms with van der Waals surface area (Å²) in [6, 6.07) is 22.8. The smallest absolute Gasteiger partial charge is 0.337 e. The number of methoxy groups -OCH3 is 1. The summed E-state index contributed by atoms with van der Waals surface area (Å²) in [6.07, 6.45) is -0.521. The molecular weight excluding hydrogens is 482 g/mol. The van der Waals surface area contributed by atoms with Crippen molar-refractivity contribution in [2.45, 2.75) is 24.6 Å². The minimum atomic E-state index is -0.895. The molecule has 8 heteroatoms. The van der Waals surface area contributed by atoms with Crippen molar-refractivity contribution in [3.8, 4) is 0 Å². The maximum absolute atomic E-state index is 13.8. The van der Waals surface area contributed by atoms with Gasteiger partial charge in [-0.15, -0.1) is 0 Å². The quantitative estimate of drug-likeness (QED) is 0.402. The van der Waals surface area contributed by atoms with Crippen LogP contribution in [-0.2, 0) is 20.7 Å². The number of nitrogens with one attached hydrogen (secondary N) is 1. The average molecular weight is 510 g/mol. The van der Waals surface area contributed by atoms with E-state index < -0.39 is 24.2 Å². The van der Waals surface area contributed by atoms with Crippen LogP contribution in [0.3, 0.4) is 0 Å². The molecule has 2 aliphatic heterocycles. The number of hydrogen-bond donors (Lipinski definition) is 2. The van der Waals surface area contributed by atoms with Crippen molar-refractivity contribution in [2.24, 2.45) is 0 Å². The van der Waals surface area contributed by atoms with Crippen LogP contribution in [0.2, 0.25) is 0 Å². The highest BCUT2D eigenvalue weighted by Crippen LogP contribution is 2.42. The van der Waals surface area contributed by atoms with Gasteiger partial charge in [-0.1, -0.05) is 60.7 Å². The van der Waals surface area contributed by atoms with Gasteiger partial charge in [0.2, 0.25) is 11.8 Å². The van der Waals surface area contributed by atoms with Crippen molar-refractivity contribution >= 4 is 28.7 Å². The third-order valence-corrected chi connectivity index (χ3v) is 7.57. The van der Waals surface area contributed by atoms with Crippen molar-refractivity contribution in [3.63, 3.8) is 0 Å². The molecule has 0 radical (unpaired) electrons. The second kappa shape index (κ2) is 9.46. The van der Waals surface area contributed by atoms with E-state index in [1.807, 2.05) is 42.5 Å². The molecule has 2 N–H and O–H groups in total. The molecule has 0 aliphatic carbocycles. The number of esters is 1. The Hall–Kier alpha value is -4.43. The van der Waals surface area contributed by atoms with Gasteiger partial charge in [0.1, 0.15) is 6.04 Å². The third-order valence-electron chi connectivity index (χ3n) is 7.57. The fourth-order valence-corrected chi connectivity index (χ4v) is 5.73. The third kappa shape index (κ3) is 3.94.